The molecule has 0 bridgehead atoms. The number of hydrogen-bond acceptors (Lipinski definition) is 7. The second-order valence-electron chi connectivity index (χ2n) is 7.82. The maximum absolute atomic E-state index is 12.8. The number of rotatable bonds is 7. The molecule has 1 N–H and O–H groups in total. The SMILES string of the molecule is Cc1ccc(C)c(-c2nonc2NC(=O)CCCN2C(=O)/C(=C/c3ccc(Cl)cc3)SC2=S)c1. The first kappa shape index (κ1) is 24.1. The lowest BCUT2D eigenvalue weighted by Crippen LogP contribution is -2.29. The highest BCUT2D eigenvalue weighted by molar-refractivity contribution is 8.26. The van der Waals surface area contributed by atoms with Crippen molar-refractivity contribution in [3.8, 4) is 11.3 Å². The van der Waals surface area contributed by atoms with Gasteiger partial charge in [-0.15, -0.1) is 0 Å². The number of benzene rings is 2. The van der Waals surface area contributed by atoms with Crippen LogP contribution in [0.1, 0.15) is 29.5 Å². The van der Waals surface area contributed by atoms with Crippen molar-refractivity contribution >= 4 is 63.6 Å². The summed E-state index contributed by atoms with van der Waals surface area (Å²) < 4.78 is 5.35. The van der Waals surface area contributed by atoms with Gasteiger partial charge in [0, 0.05) is 23.6 Å². The Hall–Kier alpha value is -3.01. The van der Waals surface area contributed by atoms with Crippen molar-refractivity contribution in [1.29, 1.82) is 0 Å². The van der Waals surface area contributed by atoms with Gasteiger partial charge in [-0.3, -0.25) is 14.5 Å². The van der Waals surface area contributed by atoms with Crippen LogP contribution in [-0.4, -0.2) is 37.9 Å². The van der Waals surface area contributed by atoms with Crippen LogP contribution in [-0.2, 0) is 9.59 Å². The van der Waals surface area contributed by atoms with Gasteiger partial charge < -0.3 is 5.32 Å². The van der Waals surface area contributed by atoms with E-state index >= 15 is 0 Å². The number of anilines is 1. The maximum Gasteiger partial charge on any atom is 0.266 e. The fraction of sp³-hybridized carbons (Fsp3) is 0.208. The van der Waals surface area contributed by atoms with Crippen LogP contribution in [0.2, 0.25) is 5.02 Å². The number of carbonyl (C=O) groups is 2. The fourth-order valence-electron chi connectivity index (χ4n) is 3.43. The first-order valence-electron chi connectivity index (χ1n) is 10.5. The summed E-state index contributed by atoms with van der Waals surface area (Å²) in [5, 5.41) is 11.2. The van der Waals surface area contributed by atoms with Crippen molar-refractivity contribution in [1.82, 2.24) is 15.2 Å². The van der Waals surface area contributed by atoms with Gasteiger partial charge in [0.2, 0.25) is 11.7 Å². The highest BCUT2D eigenvalue weighted by Gasteiger charge is 2.31. The number of thiocarbonyl (C=S) groups is 1. The number of aryl methyl sites for hydroxylation is 2. The third-order valence-electron chi connectivity index (χ3n) is 5.22. The summed E-state index contributed by atoms with van der Waals surface area (Å²) in [7, 11) is 0. The van der Waals surface area contributed by atoms with E-state index in [1.807, 2.05) is 44.2 Å². The van der Waals surface area contributed by atoms with Crippen LogP contribution in [0.5, 0.6) is 0 Å². The van der Waals surface area contributed by atoms with Crippen LogP contribution in [0.25, 0.3) is 17.3 Å². The first-order valence-corrected chi connectivity index (χ1v) is 12.1. The minimum Gasteiger partial charge on any atom is -0.306 e. The predicted octanol–water partition coefficient (Wildman–Crippen LogP) is 5.63. The smallest absolute Gasteiger partial charge is 0.266 e. The minimum atomic E-state index is -0.246. The number of carbonyl (C=O) groups excluding carboxylic acids is 2. The van der Waals surface area contributed by atoms with Crippen molar-refractivity contribution in [3.05, 3.63) is 69.1 Å². The summed E-state index contributed by atoms with van der Waals surface area (Å²) in [6.07, 6.45) is 2.41. The summed E-state index contributed by atoms with van der Waals surface area (Å²) in [5.74, 6) is -0.136. The third-order valence-corrected chi connectivity index (χ3v) is 6.85. The first-order chi connectivity index (χ1) is 16.3. The zero-order valence-electron chi connectivity index (χ0n) is 18.5. The normalized spacial score (nSPS) is 14.8. The lowest BCUT2D eigenvalue weighted by atomic mass is 10.0. The Labute approximate surface area is 211 Å². The van der Waals surface area contributed by atoms with E-state index in [4.69, 9.17) is 28.4 Å². The Morgan fingerprint density at radius 3 is 2.74 bits per heavy atom. The van der Waals surface area contributed by atoms with Crippen molar-refractivity contribution in [2.45, 2.75) is 26.7 Å². The molecule has 7 nitrogen and oxygen atoms in total. The quantitative estimate of drug-likeness (QED) is 0.324. The number of halogens is 1. The van der Waals surface area contributed by atoms with Gasteiger partial charge in [-0.2, -0.15) is 0 Å². The topological polar surface area (TPSA) is 88.3 Å². The Balaban J connectivity index is 1.34. The predicted molar refractivity (Wildman–Crippen MR) is 138 cm³/mol. The van der Waals surface area contributed by atoms with E-state index in [1.165, 1.54) is 16.7 Å². The molecular weight excluding hydrogens is 492 g/mol. The van der Waals surface area contributed by atoms with E-state index in [9.17, 15) is 9.59 Å². The molecule has 3 aromatic rings. The fourth-order valence-corrected chi connectivity index (χ4v) is 4.87. The lowest BCUT2D eigenvalue weighted by molar-refractivity contribution is -0.122. The molecule has 2 amide bonds. The minimum absolute atomic E-state index is 0.164. The molecule has 1 aromatic heterocycles. The molecule has 2 aromatic carbocycles. The van der Waals surface area contributed by atoms with E-state index < -0.39 is 0 Å². The maximum atomic E-state index is 12.8. The standard InChI is InChI=1S/C24H21ClN4O3S2/c1-14-5-6-15(2)18(12-14)21-22(28-32-27-21)26-20(30)4-3-11-29-23(31)19(34-24(29)33)13-16-7-9-17(25)10-8-16/h5-10,12-13H,3-4,11H2,1-2H3,(H,26,28,30)/b19-13-. The van der Waals surface area contributed by atoms with Crippen LogP contribution in [0.4, 0.5) is 5.82 Å². The number of nitrogens with one attached hydrogen (secondary N) is 1. The average Bonchev–Trinajstić information content (AvgIpc) is 3.36. The summed E-state index contributed by atoms with van der Waals surface area (Å²) in [5.41, 5.74) is 4.26. The van der Waals surface area contributed by atoms with Crippen LogP contribution in [0, 0.1) is 13.8 Å². The molecule has 0 aliphatic carbocycles. The van der Waals surface area contributed by atoms with Crippen LogP contribution < -0.4 is 5.32 Å². The molecule has 0 radical (unpaired) electrons. The molecular formula is C24H21ClN4O3S2. The Morgan fingerprint density at radius 2 is 1.97 bits per heavy atom. The monoisotopic (exact) mass is 512 g/mol. The molecule has 1 saturated heterocycles. The Morgan fingerprint density at radius 1 is 1.21 bits per heavy atom. The summed E-state index contributed by atoms with van der Waals surface area (Å²) >= 11 is 12.5. The van der Waals surface area contributed by atoms with Gasteiger partial charge in [0.1, 0.15) is 4.32 Å². The van der Waals surface area contributed by atoms with Crippen LogP contribution in [0.15, 0.2) is 52.0 Å². The van der Waals surface area contributed by atoms with Crippen molar-refractivity contribution in [3.63, 3.8) is 0 Å². The molecule has 0 saturated carbocycles. The molecule has 2 heterocycles. The Kier molecular flexibility index (Phi) is 7.45. The third kappa shape index (κ3) is 5.55. The number of nitrogens with zero attached hydrogens (tertiary/aromatic N) is 3. The second-order valence-corrected chi connectivity index (χ2v) is 9.93. The largest absolute Gasteiger partial charge is 0.306 e. The highest BCUT2D eigenvalue weighted by Crippen LogP contribution is 2.33. The van der Waals surface area contributed by atoms with Crippen LogP contribution in [0.3, 0.4) is 0 Å². The number of aromatic nitrogens is 2. The molecule has 1 fully saturated rings. The van der Waals surface area contributed by atoms with E-state index in [-0.39, 0.29) is 24.1 Å². The molecule has 174 valence electrons. The average molecular weight is 513 g/mol. The van der Waals surface area contributed by atoms with E-state index in [0.29, 0.717) is 32.9 Å². The van der Waals surface area contributed by atoms with Crippen molar-refractivity contribution < 1.29 is 14.2 Å². The molecule has 0 spiro atoms. The van der Waals surface area contributed by atoms with Gasteiger partial charge in [0.25, 0.3) is 5.91 Å². The molecule has 0 unspecified atom stereocenters. The van der Waals surface area contributed by atoms with Gasteiger partial charge in [-0.25, -0.2) is 4.63 Å². The lowest BCUT2D eigenvalue weighted by Gasteiger charge is -2.14. The molecule has 1 aliphatic heterocycles. The number of amides is 2. The number of hydrogen-bond donors (Lipinski definition) is 1. The van der Waals surface area contributed by atoms with Crippen molar-refractivity contribution in [2.75, 3.05) is 11.9 Å². The molecule has 0 atom stereocenters. The van der Waals surface area contributed by atoms with E-state index in [0.717, 1.165) is 22.3 Å². The number of thioether (sulfide) groups is 1. The molecule has 10 heteroatoms. The highest BCUT2D eigenvalue weighted by atomic mass is 35.5. The zero-order chi connectivity index (χ0) is 24.2. The Bertz CT molecular complexity index is 1290. The van der Waals surface area contributed by atoms with Crippen molar-refractivity contribution in [2.24, 2.45) is 0 Å². The van der Waals surface area contributed by atoms with Gasteiger partial charge in [-0.05, 0) is 66.0 Å². The molecule has 1 aliphatic rings. The summed E-state index contributed by atoms with van der Waals surface area (Å²) in [4.78, 5) is 27.4. The van der Waals surface area contributed by atoms with Gasteiger partial charge in [-0.1, -0.05) is 65.4 Å². The van der Waals surface area contributed by atoms with Gasteiger partial charge in [0.15, 0.2) is 5.69 Å². The van der Waals surface area contributed by atoms with Crippen LogP contribution >= 0.6 is 35.6 Å². The van der Waals surface area contributed by atoms with E-state index in [1.54, 1.807) is 18.2 Å². The van der Waals surface area contributed by atoms with Gasteiger partial charge >= 0.3 is 0 Å². The molecule has 34 heavy (non-hydrogen) atoms. The van der Waals surface area contributed by atoms with Gasteiger partial charge in [0.05, 0.1) is 4.91 Å². The summed E-state index contributed by atoms with van der Waals surface area (Å²) in [6.45, 7) is 4.28. The second kappa shape index (κ2) is 10.5. The zero-order valence-corrected chi connectivity index (χ0v) is 20.9. The molecule has 4 rings (SSSR count). The van der Waals surface area contributed by atoms with E-state index in [2.05, 4.69) is 15.6 Å². The summed E-state index contributed by atoms with van der Waals surface area (Å²) in [6, 6.07) is 13.2.